The molecule has 4 fully saturated rings. The molecule has 4 aliphatic carbocycles. The van der Waals surface area contributed by atoms with Crippen LogP contribution in [-0.2, 0) is 19.2 Å². The SMILES string of the molecule is CC(=O)OC[C@]12CC/C(=N\OC3CCNC3)C=C1CCC1C3CCC(=O)C3(C)CCC12. The Morgan fingerprint density at radius 1 is 1.16 bits per heavy atom. The monoisotopic (exact) mass is 428 g/mol. The van der Waals surface area contributed by atoms with Crippen molar-refractivity contribution in [2.45, 2.75) is 77.7 Å². The molecule has 0 aromatic heterocycles. The van der Waals surface area contributed by atoms with Gasteiger partial charge in [-0.2, -0.15) is 0 Å². The van der Waals surface area contributed by atoms with Crippen molar-refractivity contribution in [3.05, 3.63) is 11.6 Å². The van der Waals surface area contributed by atoms with Gasteiger partial charge in [0.2, 0.25) is 0 Å². The van der Waals surface area contributed by atoms with Gasteiger partial charge in [-0.3, -0.25) is 9.59 Å². The predicted octanol–water partition coefficient (Wildman–Crippen LogP) is 3.80. The van der Waals surface area contributed by atoms with Crippen molar-refractivity contribution in [1.82, 2.24) is 5.32 Å². The van der Waals surface area contributed by atoms with Crippen LogP contribution in [0.4, 0.5) is 0 Å². The van der Waals surface area contributed by atoms with E-state index < -0.39 is 0 Å². The van der Waals surface area contributed by atoms with E-state index in [1.165, 1.54) is 12.5 Å². The number of oxime groups is 1. The molecule has 0 amide bonds. The fourth-order valence-electron chi connectivity index (χ4n) is 7.58. The van der Waals surface area contributed by atoms with E-state index in [0.29, 0.717) is 30.1 Å². The lowest BCUT2D eigenvalue weighted by Crippen LogP contribution is -2.53. The highest BCUT2D eigenvalue weighted by Crippen LogP contribution is 2.64. The summed E-state index contributed by atoms with van der Waals surface area (Å²) in [5, 5.41) is 7.82. The van der Waals surface area contributed by atoms with Crippen LogP contribution >= 0.6 is 0 Å². The summed E-state index contributed by atoms with van der Waals surface area (Å²) in [6.45, 7) is 6.05. The molecule has 0 bridgehead atoms. The number of fused-ring (bicyclic) bond motifs is 5. The van der Waals surface area contributed by atoms with Crippen LogP contribution in [0.15, 0.2) is 16.8 Å². The number of hydrogen-bond acceptors (Lipinski definition) is 6. The van der Waals surface area contributed by atoms with Gasteiger partial charge in [-0.1, -0.05) is 17.7 Å². The summed E-state index contributed by atoms with van der Waals surface area (Å²) in [6, 6.07) is 0. The zero-order valence-electron chi connectivity index (χ0n) is 19.0. The molecule has 6 atom stereocenters. The Hall–Kier alpha value is -1.69. The molecule has 31 heavy (non-hydrogen) atoms. The number of ether oxygens (including phenoxy) is 1. The first-order chi connectivity index (χ1) is 14.9. The molecule has 170 valence electrons. The van der Waals surface area contributed by atoms with E-state index in [1.807, 2.05) is 0 Å². The standard InChI is InChI=1S/C25H36N2O4/c1-16(28)30-15-25-11-7-18(27-31-19-9-12-26-14-19)13-17(25)3-4-20-21-5-6-23(29)24(21,2)10-8-22(20)25/h13,19-22,26H,3-12,14-15H2,1-2H3/b27-18+/t19?,20?,21?,22?,24?,25-/m1/s1. The first kappa shape index (κ1) is 21.2. The second-order valence-electron chi connectivity index (χ2n) is 10.7. The van der Waals surface area contributed by atoms with Crippen molar-refractivity contribution in [3.63, 3.8) is 0 Å². The number of allylic oxidation sites excluding steroid dienone is 1. The lowest BCUT2D eigenvalue weighted by atomic mass is 9.47. The van der Waals surface area contributed by atoms with Gasteiger partial charge in [0.05, 0.1) is 5.71 Å². The van der Waals surface area contributed by atoms with Gasteiger partial charge in [0.15, 0.2) is 0 Å². The van der Waals surface area contributed by atoms with Crippen LogP contribution in [0.3, 0.4) is 0 Å². The molecule has 3 saturated carbocycles. The summed E-state index contributed by atoms with van der Waals surface area (Å²) in [5.41, 5.74) is 2.18. The maximum Gasteiger partial charge on any atom is 0.302 e. The number of nitrogens with one attached hydrogen (secondary N) is 1. The summed E-state index contributed by atoms with van der Waals surface area (Å²) >= 11 is 0. The van der Waals surface area contributed by atoms with Crippen LogP contribution in [0.5, 0.6) is 0 Å². The minimum Gasteiger partial charge on any atom is -0.465 e. The summed E-state index contributed by atoms with van der Waals surface area (Å²) in [5.74, 6) is 1.80. The van der Waals surface area contributed by atoms with E-state index in [1.54, 1.807) is 0 Å². The highest BCUT2D eigenvalue weighted by molar-refractivity contribution is 5.96. The molecule has 1 aliphatic heterocycles. The van der Waals surface area contributed by atoms with Gasteiger partial charge < -0.3 is 14.9 Å². The average Bonchev–Trinajstić information content (AvgIpc) is 3.38. The van der Waals surface area contributed by atoms with E-state index in [4.69, 9.17) is 9.57 Å². The number of esters is 1. The lowest BCUT2D eigenvalue weighted by molar-refractivity contribution is -0.149. The molecule has 5 unspecified atom stereocenters. The molecular formula is C25H36N2O4. The van der Waals surface area contributed by atoms with E-state index in [9.17, 15) is 9.59 Å². The third-order valence-electron chi connectivity index (χ3n) is 9.28. The van der Waals surface area contributed by atoms with Crippen molar-refractivity contribution in [1.29, 1.82) is 0 Å². The third kappa shape index (κ3) is 3.55. The smallest absolute Gasteiger partial charge is 0.302 e. The quantitative estimate of drug-likeness (QED) is 0.544. The number of hydrogen-bond donors (Lipinski definition) is 1. The zero-order chi connectivity index (χ0) is 21.6. The maximum atomic E-state index is 12.7. The van der Waals surface area contributed by atoms with Gasteiger partial charge in [-0.15, -0.1) is 0 Å². The molecule has 5 aliphatic rings. The summed E-state index contributed by atoms with van der Waals surface area (Å²) in [7, 11) is 0. The van der Waals surface area contributed by atoms with Crippen LogP contribution in [0, 0.1) is 28.6 Å². The average molecular weight is 429 g/mol. The fraction of sp³-hybridized carbons (Fsp3) is 0.800. The predicted molar refractivity (Wildman–Crippen MR) is 117 cm³/mol. The molecule has 0 radical (unpaired) electrons. The van der Waals surface area contributed by atoms with E-state index in [-0.39, 0.29) is 22.9 Å². The number of carbonyl (C=O) groups is 2. The van der Waals surface area contributed by atoms with Crippen molar-refractivity contribution in [2.24, 2.45) is 33.7 Å². The zero-order valence-corrected chi connectivity index (χ0v) is 19.0. The molecule has 1 N–H and O–H groups in total. The summed E-state index contributed by atoms with van der Waals surface area (Å²) in [6.07, 6.45) is 11.2. The van der Waals surface area contributed by atoms with Gasteiger partial charge in [-0.25, -0.2) is 0 Å². The van der Waals surface area contributed by atoms with E-state index >= 15 is 0 Å². The van der Waals surface area contributed by atoms with Crippen LogP contribution in [0.1, 0.15) is 71.6 Å². The molecular weight excluding hydrogens is 392 g/mol. The normalized spacial score (nSPS) is 43.1. The van der Waals surface area contributed by atoms with Crippen molar-refractivity contribution in [2.75, 3.05) is 19.7 Å². The summed E-state index contributed by atoms with van der Waals surface area (Å²) < 4.78 is 5.70. The Morgan fingerprint density at radius 2 is 2.03 bits per heavy atom. The van der Waals surface area contributed by atoms with Gasteiger partial charge in [0, 0.05) is 37.1 Å². The molecule has 0 aromatic carbocycles. The lowest BCUT2D eigenvalue weighted by Gasteiger charge is -2.57. The molecule has 1 saturated heterocycles. The molecule has 6 nitrogen and oxygen atoms in total. The van der Waals surface area contributed by atoms with Gasteiger partial charge >= 0.3 is 5.97 Å². The third-order valence-corrected chi connectivity index (χ3v) is 9.28. The largest absolute Gasteiger partial charge is 0.465 e. The Bertz CT molecular complexity index is 814. The van der Waals surface area contributed by atoms with Gasteiger partial charge in [0.1, 0.15) is 18.5 Å². The molecule has 0 aromatic rings. The second-order valence-corrected chi connectivity index (χ2v) is 10.7. The first-order valence-corrected chi connectivity index (χ1v) is 12.2. The van der Waals surface area contributed by atoms with Gasteiger partial charge in [-0.05, 0) is 75.3 Å². The van der Waals surface area contributed by atoms with Gasteiger partial charge in [0.25, 0.3) is 0 Å². The highest BCUT2D eigenvalue weighted by Gasteiger charge is 2.60. The fourth-order valence-corrected chi connectivity index (χ4v) is 7.58. The number of Topliss-reactive ketones (excluding diaryl/α,β-unsaturated/α-hetero) is 1. The second kappa shape index (κ2) is 8.02. The van der Waals surface area contributed by atoms with Crippen LogP contribution in [-0.4, -0.2) is 43.3 Å². The maximum absolute atomic E-state index is 12.7. The minimum atomic E-state index is -0.205. The molecule has 5 rings (SSSR count). The number of carbonyl (C=O) groups excluding carboxylic acids is 2. The van der Waals surface area contributed by atoms with Crippen LogP contribution in [0.25, 0.3) is 0 Å². The first-order valence-electron chi connectivity index (χ1n) is 12.2. The Kier molecular flexibility index (Phi) is 5.48. The van der Waals surface area contributed by atoms with Crippen molar-refractivity contribution >= 4 is 17.5 Å². The Labute approximate surface area is 185 Å². The van der Waals surface area contributed by atoms with Crippen LogP contribution < -0.4 is 5.32 Å². The minimum absolute atomic E-state index is 0.102. The number of nitrogens with zero attached hydrogens (tertiary/aromatic N) is 1. The molecule has 0 spiro atoms. The van der Waals surface area contributed by atoms with E-state index in [0.717, 1.165) is 76.6 Å². The van der Waals surface area contributed by atoms with E-state index in [2.05, 4.69) is 23.5 Å². The highest BCUT2D eigenvalue weighted by atomic mass is 16.6. The number of rotatable bonds is 4. The topological polar surface area (TPSA) is 77.0 Å². The molecule has 1 heterocycles. The van der Waals surface area contributed by atoms with Crippen molar-refractivity contribution in [3.8, 4) is 0 Å². The Morgan fingerprint density at radius 3 is 2.81 bits per heavy atom. The number of ketones is 1. The summed E-state index contributed by atoms with van der Waals surface area (Å²) in [4.78, 5) is 30.3. The molecule has 6 heteroatoms. The van der Waals surface area contributed by atoms with Crippen molar-refractivity contribution < 1.29 is 19.2 Å². The Balaban J connectivity index is 1.42. The van der Waals surface area contributed by atoms with Crippen LogP contribution in [0.2, 0.25) is 0 Å².